The van der Waals surface area contributed by atoms with Crippen LogP contribution in [-0.4, -0.2) is 67.0 Å². The Hall–Kier alpha value is -1.16. The lowest BCUT2D eigenvalue weighted by molar-refractivity contribution is -0.116. The fourth-order valence-electron chi connectivity index (χ4n) is 1.99. The van der Waals surface area contributed by atoms with Crippen LogP contribution in [0.4, 0.5) is 0 Å². The summed E-state index contributed by atoms with van der Waals surface area (Å²) in [6.07, 6.45) is -6.15. The number of hydrazone groups is 1. The van der Waals surface area contributed by atoms with E-state index in [9.17, 15) is 20.4 Å². The third-order valence-corrected chi connectivity index (χ3v) is 4.61. The molecule has 5 atom stereocenters. The maximum Gasteiger partial charge on any atom is 0.125 e. The van der Waals surface area contributed by atoms with E-state index in [4.69, 9.17) is 5.11 Å². The summed E-state index contributed by atoms with van der Waals surface area (Å²) in [6.45, 7) is 1.27. The van der Waals surface area contributed by atoms with Crippen molar-refractivity contribution in [2.24, 2.45) is 5.10 Å². The van der Waals surface area contributed by atoms with Gasteiger partial charge < -0.3 is 25.5 Å². The molecule has 0 saturated carbocycles. The topological polar surface area (TPSA) is 126 Å². The van der Waals surface area contributed by atoms with Crippen molar-refractivity contribution in [3.05, 3.63) is 35.4 Å². The molecule has 8 heteroatoms. The Labute approximate surface area is 132 Å². The van der Waals surface area contributed by atoms with Crippen LogP contribution in [0, 0.1) is 6.92 Å². The standard InChI is InChI=1S/C14H20N2O5S/c1-7-2-4-8(5-3-7)13-15-16-14(22-13)12(21)11(20)10(19)9(18)6-17/h2-5,9-12,14,16-21H,6H2,1H3/t9-,10-,11-,12-,14+/m1/s1. The summed E-state index contributed by atoms with van der Waals surface area (Å²) in [4.78, 5) is 0. The Morgan fingerprint density at radius 3 is 2.36 bits per heavy atom. The van der Waals surface area contributed by atoms with Crippen molar-refractivity contribution in [2.75, 3.05) is 6.61 Å². The lowest BCUT2D eigenvalue weighted by Gasteiger charge is -2.28. The average molecular weight is 328 g/mol. The molecular formula is C14H20N2O5S. The summed E-state index contributed by atoms with van der Waals surface area (Å²) in [7, 11) is 0. The van der Waals surface area contributed by atoms with Crippen LogP contribution in [-0.2, 0) is 0 Å². The largest absolute Gasteiger partial charge is 0.394 e. The van der Waals surface area contributed by atoms with E-state index in [0.29, 0.717) is 5.04 Å². The van der Waals surface area contributed by atoms with Gasteiger partial charge in [-0.05, 0) is 6.92 Å². The molecule has 0 saturated heterocycles. The fourth-order valence-corrected chi connectivity index (χ4v) is 3.01. The second-order valence-corrected chi connectivity index (χ2v) is 6.30. The molecule has 0 bridgehead atoms. The molecule has 122 valence electrons. The van der Waals surface area contributed by atoms with Crippen molar-refractivity contribution in [3.63, 3.8) is 0 Å². The van der Waals surface area contributed by atoms with E-state index in [1.807, 2.05) is 31.2 Å². The van der Waals surface area contributed by atoms with Crippen LogP contribution in [0.15, 0.2) is 29.4 Å². The van der Waals surface area contributed by atoms with Gasteiger partial charge in [0.05, 0.1) is 6.61 Å². The van der Waals surface area contributed by atoms with Crippen molar-refractivity contribution < 1.29 is 25.5 Å². The first-order valence-electron chi connectivity index (χ1n) is 6.84. The Bertz CT molecular complexity index is 524. The Balaban J connectivity index is 1.97. The number of aryl methyl sites for hydroxylation is 1. The highest BCUT2D eigenvalue weighted by Crippen LogP contribution is 2.27. The smallest absolute Gasteiger partial charge is 0.125 e. The SMILES string of the molecule is Cc1ccc(C2=NN[C@H]([C@H](O)[C@H](O)[C@H](O)[C@H](O)CO)S2)cc1. The molecule has 0 spiro atoms. The van der Waals surface area contributed by atoms with Crippen LogP contribution < -0.4 is 5.43 Å². The van der Waals surface area contributed by atoms with E-state index < -0.39 is 36.4 Å². The summed E-state index contributed by atoms with van der Waals surface area (Å²) < 4.78 is 0. The summed E-state index contributed by atoms with van der Waals surface area (Å²) in [6, 6.07) is 7.69. The molecule has 1 aliphatic heterocycles. The Morgan fingerprint density at radius 1 is 1.14 bits per heavy atom. The zero-order chi connectivity index (χ0) is 16.3. The third-order valence-electron chi connectivity index (χ3n) is 3.42. The molecule has 1 aromatic carbocycles. The molecule has 22 heavy (non-hydrogen) atoms. The number of thioether (sulfide) groups is 1. The van der Waals surface area contributed by atoms with Gasteiger partial charge in [-0.15, -0.1) is 0 Å². The molecule has 0 aromatic heterocycles. The van der Waals surface area contributed by atoms with Gasteiger partial charge in [0.1, 0.15) is 34.8 Å². The highest BCUT2D eigenvalue weighted by molar-refractivity contribution is 8.15. The molecule has 1 aliphatic rings. The van der Waals surface area contributed by atoms with Crippen molar-refractivity contribution >= 4 is 16.8 Å². The molecule has 0 aliphatic carbocycles. The first-order chi connectivity index (χ1) is 10.4. The van der Waals surface area contributed by atoms with Gasteiger partial charge in [0.25, 0.3) is 0 Å². The van der Waals surface area contributed by atoms with Gasteiger partial charge in [-0.1, -0.05) is 41.6 Å². The van der Waals surface area contributed by atoms with Crippen LogP contribution in [0.25, 0.3) is 0 Å². The van der Waals surface area contributed by atoms with Gasteiger partial charge in [0.15, 0.2) is 0 Å². The lowest BCUT2D eigenvalue weighted by atomic mass is 10.0. The van der Waals surface area contributed by atoms with E-state index in [1.165, 1.54) is 11.8 Å². The molecule has 1 heterocycles. The fraction of sp³-hybridized carbons (Fsp3) is 0.500. The maximum atomic E-state index is 10.1. The molecule has 1 aromatic rings. The molecule has 0 unspecified atom stereocenters. The zero-order valence-corrected chi connectivity index (χ0v) is 12.8. The number of hydrogen-bond acceptors (Lipinski definition) is 8. The highest BCUT2D eigenvalue weighted by Gasteiger charge is 2.37. The van der Waals surface area contributed by atoms with E-state index in [-0.39, 0.29) is 0 Å². The molecule has 6 N–H and O–H groups in total. The van der Waals surface area contributed by atoms with Crippen molar-refractivity contribution in [1.82, 2.24) is 5.43 Å². The van der Waals surface area contributed by atoms with Crippen LogP contribution >= 0.6 is 11.8 Å². The van der Waals surface area contributed by atoms with E-state index >= 15 is 0 Å². The minimum absolute atomic E-state index is 0.660. The number of aliphatic hydroxyl groups is 5. The van der Waals surface area contributed by atoms with Gasteiger partial charge in [0.2, 0.25) is 0 Å². The molecule has 2 rings (SSSR count). The molecule has 0 fully saturated rings. The van der Waals surface area contributed by atoms with Crippen LogP contribution in [0.1, 0.15) is 11.1 Å². The number of nitrogens with zero attached hydrogens (tertiary/aromatic N) is 1. The van der Waals surface area contributed by atoms with Crippen LogP contribution in [0.5, 0.6) is 0 Å². The lowest BCUT2D eigenvalue weighted by Crippen LogP contribution is -2.51. The van der Waals surface area contributed by atoms with Gasteiger partial charge >= 0.3 is 0 Å². The van der Waals surface area contributed by atoms with Gasteiger partial charge in [-0.2, -0.15) is 5.10 Å². The summed E-state index contributed by atoms with van der Waals surface area (Å²) in [5.41, 5.74) is 4.69. The van der Waals surface area contributed by atoms with E-state index in [0.717, 1.165) is 11.1 Å². The molecule has 0 amide bonds. The van der Waals surface area contributed by atoms with Crippen molar-refractivity contribution in [1.29, 1.82) is 0 Å². The number of rotatable bonds is 6. The average Bonchev–Trinajstić information content (AvgIpc) is 3.02. The number of aliphatic hydroxyl groups excluding tert-OH is 5. The van der Waals surface area contributed by atoms with Crippen LogP contribution in [0.3, 0.4) is 0 Å². The quantitative estimate of drug-likeness (QED) is 0.385. The van der Waals surface area contributed by atoms with Gasteiger partial charge in [-0.25, -0.2) is 0 Å². The molecular weight excluding hydrogens is 308 g/mol. The van der Waals surface area contributed by atoms with E-state index in [2.05, 4.69) is 10.5 Å². The monoisotopic (exact) mass is 328 g/mol. The molecule has 7 nitrogen and oxygen atoms in total. The number of benzene rings is 1. The Kier molecular flexibility index (Phi) is 5.79. The van der Waals surface area contributed by atoms with Gasteiger partial charge in [-0.3, -0.25) is 5.43 Å². The van der Waals surface area contributed by atoms with Gasteiger partial charge in [0, 0.05) is 5.56 Å². The summed E-state index contributed by atoms with van der Waals surface area (Å²) in [5.74, 6) is 0. The summed E-state index contributed by atoms with van der Waals surface area (Å²) in [5, 5.41) is 51.8. The minimum Gasteiger partial charge on any atom is -0.394 e. The zero-order valence-electron chi connectivity index (χ0n) is 12.0. The predicted molar refractivity (Wildman–Crippen MR) is 83.3 cm³/mol. The second kappa shape index (κ2) is 7.40. The summed E-state index contributed by atoms with van der Waals surface area (Å²) >= 11 is 1.22. The Morgan fingerprint density at radius 2 is 1.77 bits per heavy atom. The maximum absolute atomic E-state index is 10.1. The first-order valence-corrected chi connectivity index (χ1v) is 7.72. The first kappa shape index (κ1) is 17.2. The number of hydrogen-bond donors (Lipinski definition) is 6. The van der Waals surface area contributed by atoms with Crippen molar-refractivity contribution in [2.45, 2.75) is 36.7 Å². The molecule has 0 radical (unpaired) electrons. The minimum atomic E-state index is -1.65. The van der Waals surface area contributed by atoms with Crippen LogP contribution in [0.2, 0.25) is 0 Å². The second-order valence-electron chi connectivity index (χ2n) is 5.17. The van der Waals surface area contributed by atoms with Crippen molar-refractivity contribution in [3.8, 4) is 0 Å². The number of nitrogens with one attached hydrogen (secondary N) is 1. The normalized spacial score (nSPS) is 23.4. The predicted octanol–water partition coefficient (Wildman–Crippen LogP) is -1.24. The highest BCUT2D eigenvalue weighted by atomic mass is 32.2. The van der Waals surface area contributed by atoms with E-state index in [1.54, 1.807) is 0 Å². The third kappa shape index (κ3) is 3.78.